The molecule has 37 heavy (non-hydrogen) atoms. The second-order valence-corrected chi connectivity index (χ2v) is 10.9. The van der Waals surface area contributed by atoms with Gasteiger partial charge in [0.25, 0.3) is 0 Å². The molecule has 0 N–H and O–H groups in total. The predicted molar refractivity (Wildman–Crippen MR) is 156 cm³/mol. The molecular weight excluding hydrogens is 451 g/mol. The molecule has 0 aromatic heterocycles. The van der Waals surface area contributed by atoms with Gasteiger partial charge < -0.3 is 9.31 Å². The Morgan fingerprint density at radius 3 is 1.73 bits per heavy atom. The van der Waals surface area contributed by atoms with Crippen molar-refractivity contribution in [3.8, 4) is 33.4 Å². The van der Waals surface area contributed by atoms with Crippen LogP contribution >= 0.6 is 0 Å². The van der Waals surface area contributed by atoms with E-state index in [1.807, 2.05) is 0 Å². The van der Waals surface area contributed by atoms with Crippen LogP contribution < -0.4 is 5.46 Å². The minimum absolute atomic E-state index is 0.347. The molecule has 0 atom stereocenters. The van der Waals surface area contributed by atoms with Crippen molar-refractivity contribution in [2.24, 2.45) is 0 Å². The fourth-order valence-corrected chi connectivity index (χ4v) is 5.04. The summed E-state index contributed by atoms with van der Waals surface area (Å²) in [4.78, 5) is 0. The molecule has 1 aliphatic rings. The number of hydrogen-bond acceptors (Lipinski definition) is 2. The molecule has 1 fully saturated rings. The van der Waals surface area contributed by atoms with E-state index in [1.54, 1.807) is 0 Å². The maximum absolute atomic E-state index is 6.27. The predicted octanol–water partition coefficient (Wildman–Crippen LogP) is 8.14. The maximum atomic E-state index is 6.27. The standard InChI is InChI=1S/C34H31BO2/c1-33(2)34(3,4)37-35(36-33)30-20-19-27-21-26(17-18-28(27)23-30)25-13-10-14-29(22-25)32-16-9-8-15-31(32)24-11-6-5-7-12-24/h5-23H,1-4H3. The Morgan fingerprint density at radius 2 is 1.00 bits per heavy atom. The van der Waals surface area contributed by atoms with Gasteiger partial charge in [-0.05, 0) is 89.4 Å². The van der Waals surface area contributed by atoms with Crippen LogP contribution in [0.2, 0.25) is 0 Å². The summed E-state index contributed by atoms with van der Waals surface area (Å²) in [6.07, 6.45) is 0. The van der Waals surface area contributed by atoms with Crippen LogP contribution in [0, 0.1) is 0 Å². The molecule has 6 rings (SSSR count). The minimum atomic E-state index is -0.351. The van der Waals surface area contributed by atoms with Crippen molar-refractivity contribution in [2.75, 3.05) is 0 Å². The first-order valence-corrected chi connectivity index (χ1v) is 13.0. The molecule has 0 aliphatic carbocycles. The second-order valence-electron chi connectivity index (χ2n) is 10.9. The number of fused-ring (bicyclic) bond motifs is 1. The van der Waals surface area contributed by atoms with Gasteiger partial charge in [0, 0.05) is 0 Å². The molecule has 0 saturated carbocycles. The highest BCUT2D eigenvalue weighted by Crippen LogP contribution is 2.37. The Balaban J connectivity index is 1.33. The Kier molecular flexibility index (Phi) is 5.79. The lowest BCUT2D eigenvalue weighted by atomic mass is 9.78. The van der Waals surface area contributed by atoms with Crippen LogP contribution in [0.3, 0.4) is 0 Å². The summed E-state index contributed by atoms with van der Waals surface area (Å²) in [5.41, 5.74) is 7.70. The van der Waals surface area contributed by atoms with E-state index in [9.17, 15) is 0 Å². The van der Waals surface area contributed by atoms with Gasteiger partial charge >= 0.3 is 7.12 Å². The SMILES string of the molecule is CC1(C)OB(c2ccc3cc(-c4cccc(-c5ccccc5-c5ccccc5)c4)ccc3c2)OC1(C)C. The Bertz CT molecular complexity index is 1570. The van der Waals surface area contributed by atoms with Gasteiger partial charge in [-0.3, -0.25) is 0 Å². The van der Waals surface area contributed by atoms with E-state index in [2.05, 4.69) is 143 Å². The lowest BCUT2D eigenvalue weighted by Gasteiger charge is -2.32. The molecule has 0 bridgehead atoms. The molecular formula is C34H31BO2. The molecule has 0 amide bonds. The quantitative estimate of drug-likeness (QED) is 0.241. The van der Waals surface area contributed by atoms with Crippen LogP contribution in [0.15, 0.2) is 115 Å². The van der Waals surface area contributed by atoms with E-state index in [1.165, 1.54) is 44.2 Å². The maximum Gasteiger partial charge on any atom is 0.494 e. The average Bonchev–Trinajstić information content (AvgIpc) is 3.15. The first-order valence-electron chi connectivity index (χ1n) is 13.0. The van der Waals surface area contributed by atoms with Gasteiger partial charge in [-0.15, -0.1) is 0 Å². The third-order valence-corrected chi connectivity index (χ3v) is 7.91. The zero-order valence-electron chi connectivity index (χ0n) is 21.9. The van der Waals surface area contributed by atoms with E-state index in [-0.39, 0.29) is 18.3 Å². The summed E-state index contributed by atoms with van der Waals surface area (Å²) in [6.45, 7) is 8.36. The summed E-state index contributed by atoms with van der Waals surface area (Å²) in [5.74, 6) is 0. The zero-order valence-corrected chi connectivity index (χ0v) is 21.9. The van der Waals surface area contributed by atoms with Gasteiger partial charge in [0.1, 0.15) is 0 Å². The van der Waals surface area contributed by atoms with Gasteiger partial charge in [0.15, 0.2) is 0 Å². The second kappa shape index (κ2) is 9.02. The Morgan fingerprint density at radius 1 is 0.459 bits per heavy atom. The lowest BCUT2D eigenvalue weighted by molar-refractivity contribution is 0.00578. The molecule has 1 aliphatic heterocycles. The van der Waals surface area contributed by atoms with Gasteiger partial charge in [-0.2, -0.15) is 0 Å². The highest BCUT2D eigenvalue weighted by atomic mass is 16.7. The zero-order chi connectivity index (χ0) is 25.6. The Labute approximate surface area is 220 Å². The molecule has 1 heterocycles. The topological polar surface area (TPSA) is 18.5 Å². The fourth-order valence-electron chi connectivity index (χ4n) is 5.04. The van der Waals surface area contributed by atoms with Crippen molar-refractivity contribution >= 4 is 23.4 Å². The fraction of sp³-hybridized carbons (Fsp3) is 0.176. The van der Waals surface area contributed by atoms with Crippen molar-refractivity contribution in [3.63, 3.8) is 0 Å². The minimum Gasteiger partial charge on any atom is -0.399 e. The van der Waals surface area contributed by atoms with E-state index in [4.69, 9.17) is 9.31 Å². The summed E-state index contributed by atoms with van der Waals surface area (Å²) in [6, 6.07) is 41.2. The smallest absolute Gasteiger partial charge is 0.399 e. The molecule has 0 spiro atoms. The molecule has 0 unspecified atom stereocenters. The normalized spacial score (nSPS) is 16.3. The number of rotatable bonds is 4. The first-order chi connectivity index (χ1) is 17.8. The third-order valence-electron chi connectivity index (χ3n) is 7.91. The van der Waals surface area contributed by atoms with E-state index in [0.717, 1.165) is 5.46 Å². The molecule has 2 nitrogen and oxygen atoms in total. The molecule has 182 valence electrons. The molecule has 5 aromatic carbocycles. The van der Waals surface area contributed by atoms with E-state index >= 15 is 0 Å². The van der Waals surface area contributed by atoms with Crippen LogP contribution in [0.1, 0.15) is 27.7 Å². The highest BCUT2D eigenvalue weighted by Gasteiger charge is 2.51. The van der Waals surface area contributed by atoms with Gasteiger partial charge in [-0.1, -0.05) is 103 Å². The number of benzene rings is 5. The third kappa shape index (κ3) is 4.39. The van der Waals surface area contributed by atoms with E-state index < -0.39 is 0 Å². The summed E-state index contributed by atoms with van der Waals surface area (Å²) in [7, 11) is -0.351. The first kappa shape index (κ1) is 23.7. The van der Waals surface area contributed by atoms with Crippen LogP contribution in [0.5, 0.6) is 0 Å². The van der Waals surface area contributed by atoms with Crippen LogP contribution in [-0.4, -0.2) is 18.3 Å². The summed E-state index contributed by atoms with van der Waals surface area (Å²) in [5, 5.41) is 2.38. The van der Waals surface area contributed by atoms with Crippen molar-refractivity contribution < 1.29 is 9.31 Å². The van der Waals surface area contributed by atoms with Crippen molar-refractivity contribution in [3.05, 3.63) is 115 Å². The molecule has 3 heteroatoms. The van der Waals surface area contributed by atoms with Gasteiger partial charge in [-0.25, -0.2) is 0 Å². The summed E-state index contributed by atoms with van der Waals surface area (Å²) >= 11 is 0. The van der Waals surface area contributed by atoms with Crippen LogP contribution in [-0.2, 0) is 9.31 Å². The lowest BCUT2D eigenvalue weighted by Crippen LogP contribution is -2.41. The molecule has 5 aromatic rings. The Hall–Kier alpha value is -3.66. The van der Waals surface area contributed by atoms with Crippen molar-refractivity contribution in [2.45, 2.75) is 38.9 Å². The van der Waals surface area contributed by atoms with Gasteiger partial charge in [0.2, 0.25) is 0 Å². The largest absolute Gasteiger partial charge is 0.494 e. The van der Waals surface area contributed by atoms with E-state index in [0.29, 0.717) is 0 Å². The van der Waals surface area contributed by atoms with Crippen LogP contribution in [0.25, 0.3) is 44.2 Å². The molecule has 1 saturated heterocycles. The summed E-state index contributed by atoms with van der Waals surface area (Å²) < 4.78 is 12.5. The van der Waals surface area contributed by atoms with Crippen LogP contribution in [0.4, 0.5) is 0 Å². The van der Waals surface area contributed by atoms with Crippen molar-refractivity contribution in [1.82, 2.24) is 0 Å². The van der Waals surface area contributed by atoms with Crippen molar-refractivity contribution in [1.29, 1.82) is 0 Å². The average molecular weight is 482 g/mol. The monoisotopic (exact) mass is 482 g/mol. The highest BCUT2D eigenvalue weighted by molar-refractivity contribution is 6.62. The van der Waals surface area contributed by atoms with Gasteiger partial charge in [0.05, 0.1) is 11.2 Å². The molecule has 0 radical (unpaired) electrons. The number of hydrogen-bond donors (Lipinski definition) is 0.